The topological polar surface area (TPSA) is 33.5 Å². The van der Waals surface area contributed by atoms with Gasteiger partial charge in [0.05, 0.1) is 7.05 Å². The van der Waals surface area contributed by atoms with E-state index in [9.17, 15) is 4.79 Å². The van der Waals surface area contributed by atoms with Gasteiger partial charge in [-0.15, -0.1) is 0 Å². The summed E-state index contributed by atoms with van der Waals surface area (Å²) in [5.74, 6) is 0.425. The summed E-state index contributed by atoms with van der Waals surface area (Å²) >= 11 is 0. The van der Waals surface area contributed by atoms with Gasteiger partial charge >= 0.3 is 0 Å². The molecule has 0 heterocycles. The smallest absolute Gasteiger partial charge is 0.268 e. The first-order valence-electron chi connectivity index (χ1n) is 6.47. The lowest BCUT2D eigenvalue weighted by Gasteiger charge is -2.22. The molecule has 3 nitrogen and oxygen atoms in total. The van der Waals surface area contributed by atoms with Gasteiger partial charge in [0.2, 0.25) is 0 Å². The van der Waals surface area contributed by atoms with E-state index in [0.29, 0.717) is 0 Å². The molecule has 1 saturated carbocycles. The Balaban J connectivity index is 1.89. The van der Waals surface area contributed by atoms with Gasteiger partial charge in [0.15, 0.2) is 5.69 Å². The van der Waals surface area contributed by atoms with Gasteiger partial charge in [-0.1, -0.05) is 37.5 Å². The average Bonchev–Trinajstić information content (AvgIpc) is 2.40. The van der Waals surface area contributed by atoms with Crippen LogP contribution in [-0.2, 0) is 4.79 Å². The molecule has 1 aromatic carbocycles. The summed E-state index contributed by atoms with van der Waals surface area (Å²) < 4.78 is 0. The average molecular weight is 233 g/mol. The molecule has 2 N–H and O–H groups in total. The number of nitrogens with one attached hydrogen (secondary N) is 2. The summed E-state index contributed by atoms with van der Waals surface area (Å²) in [5, 5.41) is 0.959. The SMILES string of the molecule is C[NH+](NC(=O)C1CCCCC1)c1ccccc1. The summed E-state index contributed by atoms with van der Waals surface area (Å²) in [6.07, 6.45) is 5.78. The number of carbonyl (C=O) groups is 1. The minimum atomic E-state index is 0.200. The van der Waals surface area contributed by atoms with Crippen LogP contribution in [0, 0.1) is 5.92 Å². The van der Waals surface area contributed by atoms with Crippen LogP contribution in [0.5, 0.6) is 0 Å². The first kappa shape index (κ1) is 12.1. The normalized spacial score (nSPS) is 18.6. The second-order valence-corrected chi connectivity index (χ2v) is 4.82. The van der Waals surface area contributed by atoms with E-state index < -0.39 is 0 Å². The summed E-state index contributed by atoms with van der Waals surface area (Å²) in [7, 11) is 1.97. The fourth-order valence-corrected chi connectivity index (χ4v) is 2.41. The van der Waals surface area contributed by atoms with Gasteiger partial charge in [-0.3, -0.25) is 4.79 Å². The molecule has 0 bridgehead atoms. The third-order valence-corrected chi connectivity index (χ3v) is 3.49. The van der Waals surface area contributed by atoms with Crippen molar-refractivity contribution in [1.29, 1.82) is 0 Å². The Morgan fingerprint density at radius 3 is 2.47 bits per heavy atom. The standard InChI is InChI=1S/C14H20N2O/c1-16(13-10-6-3-7-11-13)15-14(17)12-8-4-2-5-9-12/h3,6-7,10-12H,2,4-5,8-9H2,1H3,(H,15,17)/p+1. The van der Waals surface area contributed by atoms with Crippen LogP contribution in [0.4, 0.5) is 5.69 Å². The third kappa shape index (κ3) is 3.30. The largest absolute Gasteiger partial charge is 0.270 e. The van der Waals surface area contributed by atoms with Crippen molar-refractivity contribution in [1.82, 2.24) is 5.43 Å². The maximum Gasteiger partial charge on any atom is 0.268 e. The van der Waals surface area contributed by atoms with Crippen molar-refractivity contribution in [3.63, 3.8) is 0 Å². The zero-order valence-corrected chi connectivity index (χ0v) is 10.4. The first-order chi connectivity index (χ1) is 8.27. The monoisotopic (exact) mass is 233 g/mol. The number of quaternary nitrogens is 1. The molecule has 92 valence electrons. The second kappa shape index (κ2) is 5.82. The lowest BCUT2D eigenvalue weighted by Crippen LogP contribution is -3.12. The van der Waals surface area contributed by atoms with Crippen molar-refractivity contribution in [2.75, 3.05) is 7.05 Å². The quantitative estimate of drug-likeness (QED) is 0.761. The zero-order chi connectivity index (χ0) is 12.1. The van der Waals surface area contributed by atoms with Gasteiger partial charge in [0, 0.05) is 18.1 Å². The van der Waals surface area contributed by atoms with Gasteiger partial charge in [0.25, 0.3) is 5.91 Å². The Labute approximate surface area is 103 Å². The lowest BCUT2D eigenvalue weighted by atomic mass is 9.89. The van der Waals surface area contributed by atoms with Crippen LogP contribution in [0.2, 0.25) is 0 Å². The highest BCUT2D eigenvalue weighted by molar-refractivity contribution is 5.77. The molecule has 1 amide bonds. The predicted octanol–water partition coefficient (Wildman–Crippen LogP) is 1.44. The molecule has 1 aliphatic carbocycles. The summed E-state index contributed by atoms with van der Waals surface area (Å²) in [6, 6.07) is 10.0. The van der Waals surface area contributed by atoms with Crippen molar-refractivity contribution in [2.45, 2.75) is 32.1 Å². The molecule has 1 atom stereocenters. The molecule has 0 aromatic heterocycles. The van der Waals surface area contributed by atoms with Crippen LogP contribution < -0.4 is 10.4 Å². The van der Waals surface area contributed by atoms with E-state index in [1.54, 1.807) is 0 Å². The minimum Gasteiger partial charge on any atom is -0.270 e. The molecule has 1 aliphatic rings. The van der Waals surface area contributed by atoms with Crippen LogP contribution >= 0.6 is 0 Å². The fourth-order valence-electron chi connectivity index (χ4n) is 2.41. The molecule has 2 rings (SSSR count). The highest BCUT2D eigenvalue weighted by atomic mass is 16.2. The third-order valence-electron chi connectivity index (χ3n) is 3.49. The van der Waals surface area contributed by atoms with E-state index in [1.807, 2.05) is 37.4 Å². The van der Waals surface area contributed by atoms with Gasteiger partial charge in [-0.2, -0.15) is 5.43 Å². The number of rotatable bonds is 3. The predicted molar refractivity (Wildman–Crippen MR) is 67.7 cm³/mol. The number of carbonyl (C=O) groups excluding carboxylic acids is 1. The lowest BCUT2D eigenvalue weighted by molar-refractivity contribution is -0.850. The molecule has 3 heteroatoms. The Kier molecular flexibility index (Phi) is 4.15. The fraction of sp³-hybridized carbons (Fsp3) is 0.500. The molecular formula is C14H21N2O+. The van der Waals surface area contributed by atoms with Crippen LogP contribution in [0.3, 0.4) is 0 Å². The molecular weight excluding hydrogens is 212 g/mol. The second-order valence-electron chi connectivity index (χ2n) is 4.82. The van der Waals surface area contributed by atoms with Gasteiger partial charge in [-0.05, 0) is 12.8 Å². The van der Waals surface area contributed by atoms with Crippen LogP contribution in [0.25, 0.3) is 0 Å². The molecule has 1 unspecified atom stereocenters. The van der Waals surface area contributed by atoms with Crippen molar-refractivity contribution in [3.8, 4) is 0 Å². The molecule has 0 radical (unpaired) electrons. The molecule has 0 spiro atoms. The minimum absolute atomic E-state index is 0.200. The number of hydrogen-bond donors (Lipinski definition) is 2. The van der Waals surface area contributed by atoms with Crippen molar-refractivity contribution in [2.24, 2.45) is 5.92 Å². The van der Waals surface area contributed by atoms with Crippen LogP contribution in [0.15, 0.2) is 30.3 Å². The summed E-state index contributed by atoms with van der Waals surface area (Å²) in [6.45, 7) is 0. The number of amides is 1. The van der Waals surface area contributed by atoms with E-state index in [2.05, 4.69) is 5.43 Å². The highest BCUT2D eigenvalue weighted by Gasteiger charge is 2.23. The van der Waals surface area contributed by atoms with E-state index >= 15 is 0 Å². The van der Waals surface area contributed by atoms with Gasteiger partial charge in [0.1, 0.15) is 0 Å². The maximum absolute atomic E-state index is 12.0. The van der Waals surface area contributed by atoms with Crippen molar-refractivity contribution in [3.05, 3.63) is 30.3 Å². The van der Waals surface area contributed by atoms with Crippen LogP contribution in [0.1, 0.15) is 32.1 Å². The van der Waals surface area contributed by atoms with Gasteiger partial charge < -0.3 is 0 Å². The Morgan fingerprint density at radius 2 is 1.82 bits per heavy atom. The Bertz CT molecular complexity index is 358. The molecule has 0 saturated heterocycles. The van der Waals surface area contributed by atoms with E-state index in [-0.39, 0.29) is 11.8 Å². The van der Waals surface area contributed by atoms with E-state index in [4.69, 9.17) is 0 Å². The molecule has 1 aromatic rings. The summed E-state index contributed by atoms with van der Waals surface area (Å²) in [5.41, 5.74) is 4.14. The molecule has 17 heavy (non-hydrogen) atoms. The first-order valence-corrected chi connectivity index (χ1v) is 6.47. The van der Waals surface area contributed by atoms with E-state index in [0.717, 1.165) is 23.5 Å². The molecule has 0 aliphatic heterocycles. The van der Waals surface area contributed by atoms with E-state index in [1.165, 1.54) is 19.3 Å². The van der Waals surface area contributed by atoms with Crippen molar-refractivity contribution < 1.29 is 9.80 Å². The maximum atomic E-state index is 12.0. The number of para-hydroxylation sites is 1. The van der Waals surface area contributed by atoms with Gasteiger partial charge in [-0.25, -0.2) is 5.01 Å². The number of benzene rings is 1. The zero-order valence-electron chi connectivity index (χ0n) is 10.4. The Morgan fingerprint density at radius 1 is 1.18 bits per heavy atom. The highest BCUT2D eigenvalue weighted by Crippen LogP contribution is 2.23. The Hall–Kier alpha value is -1.35. The van der Waals surface area contributed by atoms with Crippen molar-refractivity contribution >= 4 is 11.6 Å². The summed E-state index contributed by atoms with van der Waals surface area (Å²) in [4.78, 5) is 12.0. The molecule has 1 fully saturated rings. The number of hydrogen-bond acceptors (Lipinski definition) is 1. The van der Waals surface area contributed by atoms with Crippen LogP contribution in [-0.4, -0.2) is 13.0 Å².